The van der Waals surface area contributed by atoms with E-state index in [0.717, 1.165) is 19.0 Å². The molecule has 3 nitrogen and oxygen atoms in total. The van der Waals surface area contributed by atoms with E-state index in [0.29, 0.717) is 0 Å². The lowest BCUT2D eigenvalue weighted by Gasteiger charge is -2.14. The van der Waals surface area contributed by atoms with E-state index in [1.165, 1.54) is 31.2 Å². The second kappa shape index (κ2) is 7.44. The maximum absolute atomic E-state index is 4.41. The summed E-state index contributed by atoms with van der Waals surface area (Å²) in [6, 6.07) is 0. The molecule has 92 valence electrons. The molecule has 0 aromatic carbocycles. The molecule has 0 fully saturated rings. The zero-order valence-corrected chi connectivity index (χ0v) is 10.9. The zero-order valence-electron chi connectivity index (χ0n) is 10.9. The number of aromatic nitrogens is 2. The molecule has 0 radical (unpaired) electrons. The summed E-state index contributed by atoms with van der Waals surface area (Å²) in [5.41, 5.74) is 1.27. The summed E-state index contributed by atoms with van der Waals surface area (Å²) in [4.78, 5) is 0. The lowest BCUT2D eigenvalue weighted by atomic mass is 9.99. The third-order valence-corrected chi connectivity index (χ3v) is 3.06. The molecule has 3 heteroatoms. The summed E-state index contributed by atoms with van der Waals surface area (Å²) in [5, 5.41) is 7.55. The maximum atomic E-state index is 4.41. The van der Waals surface area contributed by atoms with Gasteiger partial charge in [0.1, 0.15) is 0 Å². The molecule has 16 heavy (non-hydrogen) atoms. The van der Waals surface area contributed by atoms with Crippen LogP contribution in [0.2, 0.25) is 0 Å². The summed E-state index contributed by atoms with van der Waals surface area (Å²) in [5.74, 6) is 0.780. The summed E-state index contributed by atoms with van der Waals surface area (Å²) in [7, 11) is 1.97. The topological polar surface area (TPSA) is 29.9 Å². The van der Waals surface area contributed by atoms with Crippen LogP contribution >= 0.6 is 0 Å². The van der Waals surface area contributed by atoms with Crippen LogP contribution in [0.4, 0.5) is 0 Å². The van der Waals surface area contributed by atoms with Gasteiger partial charge in [0, 0.05) is 24.8 Å². The van der Waals surface area contributed by atoms with Gasteiger partial charge in [0.15, 0.2) is 0 Å². The molecule has 1 unspecified atom stereocenters. The Labute approximate surface area is 99.2 Å². The smallest absolute Gasteiger partial charge is 0.0534 e. The summed E-state index contributed by atoms with van der Waals surface area (Å²) in [6.45, 7) is 6.51. The zero-order chi connectivity index (χ0) is 11.8. The van der Waals surface area contributed by atoms with E-state index in [1.807, 2.05) is 13.2 Å². The van der Waals surface area contributed by atoms with Gasteiger partial charge in [-0.05, 0) is 19.4 Å². The molecule has 0 aliphatic carbocycles. The minimum atomic E-state index is 0.780. The Morgan fingerprint density at radius 1 is 1.44 bits per heavy atom. The van der Waals surface area contributed by atoms with Crippen molar-refractivity contribution >= 4 is 0 Å². The SMILES string of the molecule is CCCCC(CC)Cn1cc(CNC)cn1. The van der Waals surface area contributed by atoms with Gasteiger partial charge < -0.3 is 5.32 Å². The van der Waals surface area contributed by atoms with Crippen LogP contribution in [-0.2, 0) is 13.1 Å². The fourth-order valence-electron chi connectivity index (χ4n) is 1.98. The Hall–Kier alpha value is -0.830. The van der Waals surface area contributed by atoms with Crippen LogP contribution < -0.4 is 5.32 Å². The molecule has 0 spiro atoms. The lowest BCUT2D eigenvalue weighted by Crippen LogP contribution is -2.10. The van der Waals surface area contributed by atoms with Crippen LogP contribution in [-0.4, -0.2) is 16.8 Å². The highest BCUT2D eigenvalue weighted by molar-refractivity contribution is 5.02. The van der Waals surface area contributed by atoms with E-state index in [4.69, 9.17) is 0 Å². The number of hydrogen-bond acceptors (Lipinski definition) is 2. The molecule has 1 heterocycles. The molecule has 1 N–H and O–H groups in total. The van der Waals surface area contributed by atoms with Gasteiger partial charge in [-0.15, -0.1) is 0 Å². The van der Waals surface area contributed by atoms with Crippen molar-refractivity contribution in [3.05, 3.63) is 18.0 Å². The molecule has 0 aliphatic rings. The number of nitrogens with one attached hydrogen (secondary N) is 1. The largest absolute Gasteiger partial charge is 0.316 e. The van der Waals surface area contributed by atoms with Gasteiger partial charge in [0.2, 0.25) is 0 Å². The van der Waals surface area contributed by atoms with Crippen LogP contribution in [0.1, 0.15) is 45.1 Å². The Morgan fingerprint density at radius 2 is 2.25 bits per heavy atom. The Kier molecular flexibility index (Phi) is 6.16. The van der Waals surface area contributed by atoms with Gasteiger partial charge in [-0.1, -0.05) is 33.1 Å². The van der Waals surface area contributed by atoms with E-state index in [-0.39, 0.29) is 0 Å². The molecule has 1 atom stereocenters. The third-order valence-electron chi connectivity index (χ3n) is 3.06. The Morgan fingerprint density at radius 3 is 2.88 bits per heavy atom. The molecular weight excluding hydrogens is 198 g/mol. The Balaban J connectivity index is 2.43. The van der Waals surface area contributed by atoms with Crippen LogP contribution in [0.5, 0.6) is 0 Å². The van der Waals surface area contributed by atoms with Crippen molar-refractivity contribution < 1.29 is 0 Å². The molecule has 1 aromatic heterocycles. The first-order valence-corrected chi connectivity index (χ1v) is 6.46. The first kappa shape index (κ1) is 13.2. The first-order valence-electron chi connectivity index (χ1n) is 6.46. The second-order valence-corrected chi connectivity index (χ2v) is 4.52. The second-order valence-electron chi connectivity index (χ2n) is 4.52. The van der Waals surface area contributed by atoms with E-state index in [9.17, 15) is 0 Å². The van der Waals surface area contributed by atoms with Crippen molar-refractivity contribution in [3.63, 3.8) is 0 Å². The minimum absolute atomic E-state index is 0.780. The van der Waals surface area contributed by atoms with Crippen LogP contribution in [0, 0.1) is 5.92 Å². The highest BCUT2D eigenvalue weighted by Crippen LogP contribution is 2.14. The molecule has 0 saturated heterocycles. The van der Waals surface area contributed by atoms with Gasteiger partial charge >= 0.3 is 0 Å². The van der Waals surface area contributed by atoms with E-state index >= 15 is 0 Å². The molecular formula is C13H25N3. The predicted octanol–water partition coefficient (Wildman–Crippen LogP) is 2.82. The molecule has 0 aliphatic heterocycles. The van der Waals surface area contributed by atoms with Gasteiger partial charge in [-0.3, -0.25) is 4.68 Å². The summed E-state index contributed by atoms with van der Waals surface area (Å²) in [6.07, 6.45) is 9.33. The molecule has 1 rings (SSSR count). The first-order chi connectivity index (χ1) is 7.80. The van der Waals surface area contributed by atoms with E-state index < -0.39 is 0 Å². The van der Waals surface area contributed by atoms with Crippen LogP contribution in [0.15, 0.2) is 12.4 Å². The molecule has 1 aromatic rings. The van der Waals surface area contributed by atoms with Crippen molar-refractivity contribution in [2.45, 2.75) is 52.6 Å². The number of nitrogens with zero attached hydrogens (tertiary/aromatic N) is 2. The number of unbranched alkanes of at least 4 members (excludes halogenated alkanes) is 1. The molecule has 0 amide bonds. The van der Waals surface area contributed by atoms with E-state index in [2.05, 4.69) is 35.1 Å². The average Bonchev–Trinajstić information content (AvgIpc) is 2.72. The Bertz CT molecular complexity index is 280. The lowest BCUT2D eigenvalue weighted by molar-refractivity contribution is 0.372. The van der Waals surface area contributed by atoms with Crippen molar-refractivity contribution in [2.24, 2.45) is 5.92 Å². The van der Waals surface area contributed by atoms with Gasteiger partial charge in [0.25, 0.3) is 0 Å². The average molecular weight is 223 g/mol. The minimum Gasteiger partial charge on any atom is -0.316 e. The monoisotopic (exact) mass is 223 g/mol. The van der Waals surface area contributed by atoms with Crippen molar-refractivity contribution in [1.82, 2.24) is 15.1 Å². The van der Waals surface area contributed by atoms with Crippen molar-refractivity contribution in [1.29, 1.82) is 0 Å². The van der Waals surface area contributed by atoms with Gasteiger partial charge in [-0.2, -0.15) is 5.10 Å². The van der Waals surface area contributed by atoms with Gasteiger partial charge in [0.05, 0.1) is 6.20 Å². The molecule has 0 saturated carbocycles. The highest BCUT2D eigenvalue weighted by Gasteiger charge is 2.07. The van der Waals surface area contributed by atoms with Crippen molar-refractivity contribution in [2.75, 3.05) is 7.05 Å². The summed E-state index contributed by atoms with van der Waals surface area (Å²) < 4.78 is 2.09. The fourth-order valence-corrected chi connectivity index (χ4v) is 1.98. The fraction of sp³-hybridized carbons (Fsp3) is 0.769. The maximum Gasteiger partial charge on any atom is 0.0534 e. The number of rotatable bonds is 8. The molecule has 0 bridgehead atoms. The predicted molar refractivity (Wildman–Crippen MR) is 68.3 cm³/mol. The summed E-state index contributed by atoms with van der Waals surface area (Å²) >= 11 is 0. The number of hydrogen-bond donors (Lipinski definition) is 1. The standard InChI is InChI=1S/C13H25N3/c1-4-6-7-12(5-2)10-16-11-13(8-14-3)9-15-16/h9,11-12,14H,4-8,10H2,1-3H3. The normalized spacial score (nSPS) is 12.9. The quantitative estimate of drug-likeness (QED) is 0.734. The highest BCUT2D eigenvalue weighted by atomic mass is 15.3. The van der Waals surface area contributed by atoms with Crippen molar-refractivity contribution in [3.8, 4) is 0 Å². The van der Waals surface area contributed by atoms with E-state index in [1.54, 1.807) is 0 Å². The van der Waals surface area contributed by atoms with Gasteiger partial charge in [-0.25, -0.2) is 0 Å². The third kappa shape index (κ3) is 4.35. The van der Waals surface area contributed by atoms with Crippen LogP contribution in [0.3, 0.4) is 0 Å². The van der Waals surface area contributed by atoms with Crippen LogP contribution in [0.25, 0.3) is 0 Å².